The van der Waals surface area contributed by atoms with Gasteiger partial charge in [0.15, 0.2) is 0 Å². The molecule has 3 heteroatoms. The van der Waals surface area contributed by atoms with E-state index in [2.05, 4.69) is 22.9 Å². The van der Waals surface area contributed by atoms with Gasteiger partial charge in [-0.15, -0.1) is 0 Å². The Balaban J connectivity index is 2.91. The normalized spacial score (nSPS) is 12.9. The summed E-state index contributed by atoms with van der Waals surface area (Å²) in [5.41, 5.74) is 7.00. The van der Waals surface area contributed by atoms with E-state index in [1.54, 1.807) is 0 Å². The zero-order valence-electron chi connectivity index (χ0n) is 7.56. The third-order valence-electron chi connectivity index (χ3n) is 1.96. The lowest BCUT2D eigenvalue weighted by Crippen LogP contribution is -2.10. The zero-order chi connectivity index (χ0) is 9.84. The first-order chi connectivity index (χ1) is 6.15. The van der Waals surface area contributed by atoms with Crippen molar-refractivity contribution in [3.63, 3.8) is 0 Å². The van der Waals surface area contributed by atoms with Crippen molar-refractivity contribution in [2.24, 2.45) is 5.73 Å². The molecule has 0 fully saturated rings. The molecule has 0 aliphatic rings. The van der Waals surface area contributed by atoms with Gasteiger partial charge in [0.05, 0.1) is 0 Å². The lowest BCUT2D eigenvalue weighted by atomic mass is 10.0. The van der Waals surface area contributed by atoms with Crippen molar-refractivity contribution in [2.75, 3.05) is 0 Å². The number of rotatable bonds is 3. The van der Waals surface area contributed by atoms with E-state index in [-0.39, 0.29) is 6.04 Å². The molecule has 0 saturated heterocycles. The third-order valence-corrected chi connectivity index (χ3v) is 2.79. The van der Waals surface area contributed by atoms with Gasteiger partial charge in [0.25, 0.3) is 0 Å². The van der Waals surface area contributed by atoms with E-state index in [9.17, 15) is 0 Å². The van der Waals surface area contributed by atoms with Crippen LogP contribution in [0.15, 0.2) is 22.7 Å². The number of nitrogens with two attached hydrogens (primary N) is 1. The molecule has 0 spiro atoms. The first kappa shape index (κ1) is 11.0. The first-order valence-corrected chi connectivity index (χ1v) is 5.52. The van der Waals surface area contributed by atoms with E-state index in [1.807, 2.05) is 18.2 Å². The largest absolute Gasteiger partial charge is 0.324 e. The van der Waals surface area contributed by atoms with Gasteiger partial charge >= 0.3 is 0 Å². The highest BCUT2D eigenvalue weighted by Crippen LogP contribution is 2.27. The van der Waals surface area contributed by atoms with E-state index in [0.717, 1.165) is 27.9 Å². The fraction of sp³-hybridized carbons (Fsp3) is 0.400. The zero-order valence-corrected chi connectivity index (χ0v) is 9.90. The molecular weight excluding hydrogens is 249 g/mol. The molecule has 0 aliphatic heterocycles. The Morgan fingerprint density at radius 1 is 1.54 bits per heavy atom. The van der Waals surface area contributed by atoms with Crippen LogP contribution in [0.4, 0.5) is 0 Å². The van der Waals surface area contributed by atoms with E-state index < -0.39 is 0 Å². The topological polar surface area (TPSA) is 26.0 Å². The van der Waals surface area contributed by atoms with E-state index in [0.29, 0.717) is 0 Å². The quantitative estimate of drug-likeness (QED) is 0.878. The molecule has 13 heavy (non-hydrogen) atoms. The summed E-state index contributed by atoms with van der Waals surface area (Å²) in [5, 5.41) is 0.754. The highest BCUT2D eigenvalue weighted by Gasteiger charge is 2.09. The van der Waals surface area contributed by atoms with E-state index in [4.69, 9.17) is 17.3 Å². The van der Waals surface area contributed by atoms with Crippen molar-refractivity contribution < 1.29 is 0 Å². The van der Waals surface area contributed by atoms with Gasteiger partial charge in [0.1, 0.15) is 0 Å². The fourth-order valence-corrected chi connectivity index (χ4v) is 1.90. The van der Waals surface area contributed by atoms with Gasteiger partial charge in [0.2, 0.25) is 0 Å². The van der Waals surface area contributed by atoms with E-state index >= 15 is 0 Å². The Hall–Kier alpha value is -0.0500. The second-order valence-corrected chi connectivity index (χ2v) is 4.38. The van der Waals surface area contributed by atoms with Gasteiger partial charge in [-0.1, -0.05) is 40.9 Å². The van der Waals surface area contributed by atoms with Crippen molar-refractivity contribution in [3.05, 3.63) is 33.3 Å². The Bertz CT molecular complexity index is 288. The average molecular weight is 263 g/mol. The molecule has 1 nitrogen and oxygen atoms in total. The Morgan fingerprint density at radius 2 is 2.23 bits per heavy atom. The molecule has 0 unspecified atom stereocenters. The van der Waals surface area contributed by atoms with Gasteiger partial charge in [-0.25, -0.2) is 0 Å². The Kier molecular flexibility index (Phi) is 4.23. The molecule has 72 valence electrons. The molecule has 1 atom stereocenters. The summed E-state index contributed by atoms with van der Waals surface area (Å²) in [7, 11) is 0. The minimum absolute atomic E-state index is 0.0509. The van der Waals surface area contributed by atoms with Crippen LogP contribution in [-0.2, 0) is 0 Å². The smallest absolute Gasteiger partial charge is 0.0454 e. The summed E-state index contributed by atoms with van der Waals surface area (Å²) >= 11 is 9.43. The molecule has 0 saturated carbocycles. The van der Waals surface area contributed by atoms with Crippen molar-refractivity contribution in [1.29, 1.82) is 0 Å². The molecule has 0 heterocycles. The summed E-state index contributed by atoms with van der Waals surface area (Å²) < 4.78 is 1.03. The maximum absolute atomic E-state index is 6.03. The van der Waals surface area contributed by atoms with Crippen LogP contribution in [-0.4, -0.2) is 0 Å². The molecule has 1 aromatic carbocycles. The van der Waals surface area contributed by atoms with Crippen LogP contribution in [0.1, 0.15) is 31.4 Å². The molecule has 0 radical (unpaired) electrons. The summed E-state index contributed by atoms with van der Waals surface area (Å²) in [5.74, 6) is 0. The van der Waals surface area contributed by atoms with Crippen molar-refractivity contribution in [2.45, 2.75) is 25.8 Å². The maximum atomic E-state index is 6.03. The van der Waals surface area contributed by atoms with Crippen LogP contribution in [0, 0.1) is 0 Å². The minimum atomic E-state index is 0.0509. The van der Waals surface area contributed by atoms with Crippen molar-refractivity contribution in [3.8, 4) is 0 Å². The first-order valence-electron chi connectivity index (χ1n) is 4.35. The molecule has 1 rings (SSSR count). The molecule has 2 N–H and O–H groups in total. The summed E-state index contributed by atoms with van der Waals surface area (Å²) in [4.78, 5) is 0. The van der Waals surface area contributed by atoms with Crippen LogP contribution in [0.25, 0.3) is 0 Å². The monoisotopic (exact) mass is 261 g/mol. The van der Waals surface area contributed by atoms with Crippen molar-refractivity contribution >= 4 is 27.5 Å². The van der Waals surface area contributed by atoms with Gasteiger partial charge in [-0.2, -0.15) is 0 Å². The van der Waals surface area contributed by atoms with Crippen LogP contribution < -0.4 is 5.73 Å². The molecule has 0 bridgehead atoms. The van der Waals surface area contributed by atoms with Crippen molar-refractivity contribution in [1.82, 2.24) is 0 Å². The molecule has 0 aliphatic carbocycles. The second kappa shape index (κ2) is 4.99. The number of halogens is 2. The number of hydrogen-bond acceptors (Lipinski definition) is 1. The standard InChI is InChI=1S/C10H13BrClN/c1-2-3-10(13)8-6-7(11)4-5-9(8)12/h4-6,10H,2-3,13H2,1H3/t10-/m0/s1. The molecule has 0 amide bonds. The molecule has 1 aromatic rings. The predicted molar refractivity (Wildman–Crippen MR) is 61.0 cm³/mol. The highest BCUT2D eigenvalue weighted by atomic mass is 79.9. The van der Waals surface area contributed by atoms with Gasteiger partial charge in [-0.3, -0.25) is 0 Å². The van der Waals surface area contributed by atoms with Crippen LogP contribution in [0.5, 0.6) is 0 Å². The third kappa shape index (κ3) is 2.97. The lowest BCUT2D eigenvalue weighted by Gasteiger charge is -2.12. The number of benzene rings is 1. The summed E-state index contributed by atoms with van der Waals surface area (Å²) in [6.07, 6.45) is 2.04. The molecular formula is C10H13BrClN. The van der Waals surface area contributed by atoms with Crippen LogP contribution in [0.2, 0.25) is 5.02 Å². The Labute approximate surface area is 92.4 Å². The predicted octanol–water partition coefficient (Wildman–Crippen LogP) is 3.90. The Morgan fingerprint density at radius 3 is 2.85 bits per heavy atom. The van der Waals surface area contributed by atoms with Crippen LogP contribution in [0.3, 0.4) is 0 Å². The lowest BCUT2D eigenvalue weighted by molar-refractivity contribution is 0.638. The maximum Gasteiger partial charge on any atom is 0.0454 e. The fourth-order valence-electron chi connectivity index (χ4n) is 1.27. The highest BCUT2D eigenvalue weighted by molar-refractivity contribution is 9.10. The average Bonchev–Trinajstić information content (AvgIpc) is 2.09. The van der Waals surface area contributed by atoms with Gasteiger partial charge in [0, 0.05) is 15.5 Å². The SMILES string of the molecule is CCC[C@H](N)c1cc(Br)ccc1Cl. The van der Waals surface area contributed by atoms with Gasteiger partial charge < -0.3 is 5.73 Å². The van der Waals surface area contributed by atoms with E-state index in [1.165, 1.54) is 0 Å². The summed E-state index contributed by atoms with van der Waals surface area (Å²) in [6, 6.07) is 5.83. The molecule has 0 aromatic heterocycles. The summed E-state index contributed by atoms with van der Waals surface area (Å²) in [6.45, 7) is 2.12. The van der Waals surface area contributed by atoms with Crippen LogP contribution >= 0.6 is 27.5 Å². The second-order valence-electron chi connectivity index (χ2n) is 3.06. The minimum Gasteiger partial charge on any atom is -0.324 e. The van der Waals surface area contributed by atoms with Gasteiger partial charge in [-0.05, 0) is 30.2 Å². The number of hydrogen-bond donors (Lipinski definition) is 1.